The molecule has 0 aliphatic heterocycles. The summed E-state index contributed by atoms with van der Waals surface area (Å²) in [5, 5.41) is 5.75. The number of carbonyl (C=O) groups excluding carboxylic acids is 1. The second kappa shape index (κ2) is 8.11. The van der Waals surface area contributed by atoms with Gasteiger partial charge in [-0.25, -0.2) is 4.39 Å². The largest absolute Gasteiger partial charge is 0.496 e. The summed E-state index contributed by atoms with van der Waals surface area (Å²) >= 11 is 0. The van der Waals surface area contributed by atoms with Crippen molar-refractivity contribution < 1.29 is 13.9 Å². The predicted molar refractivity (Wildman–Crippen MR) is 98.9 cm³/mol. The lowest BCUT2D eigenvalue weighted by Gasteiger charge is -2.11. The number of hydrogen-bond acceptors (Lipinski definition) is 4. The van der Waals surface area contributed by atoms with Gasteiger partial charge in [-0.1, -0.05) is 30.3 Å². The van der Waals surface area contributed by atoms with Crippen LogP contribution in [-0.2, 0) is 6.54 Å². The van der Waals surface area contributed by atoms with Gasteiger partial charge in [0.1, 0.15) is 17.3 Å². The zero-order valence-corrected chi connectivity index (χ0v) is 14.2. The fourth-order valence-corrected chi connectivity index (χ4v) is 2.46. The summed E-state index contributed by atoms with van der Waals surface area (Å²) in [5.41, 5.74) is 2.03. The van der Waals surface area contributed by atoms with Gasteiger partial charge >= 0.3 is 0 Å². The molecule has 3 aromatic rings. The number of pyridine rings is 1. The molecule has 0 atom stereocenters. The first kappa shape index (κ1) is 17.4. The molecule has 0 spiro atoms. The number of methoxy groups -OCH3 is 1. The third-order valence-corrected chi connectivity index (χ3v) is 3.79. The Kier molecular flexibility index (Phi) is 5.43. The van der Waals surface area contributed by atoms with Gasteiger partial charge in [0.05, 0.1) is 12.8 Å². The van der Waals surface area contributed by atoms with Crippen molar-refractivity contribution in [2.24, 2.45) is 0 Å². The second-order valence-corrected chi connectivity index (χ2v) is 5.53. The minimum atomic E-state index is -0.494. The number of nitrogens with one attached hydrogen (secondary N) is 2. The van der Waals surface area contributed by atoms with Crippen LogP contribution in [0.4, 0.5) is 15.8 Å². The number of nitrogens with zero attached hydrogens (tertiary/aromatic N) is 1. The summed E-state index contributed by atoms with van der Waals surface area (Å²) < 4.78 is 19.0. The molecule has 26 heavy (non-hydrogen) atoms. The maximum absolute atomic E-state index is 13.7. The smallest absolute Gasteiger partial charge is 0.274 e. The van der Waals surface area contributed by atoms with Crippen LogP contribution in [0.5, 0.6) is 5.75 Å². The minimum absolute atomic E-state index is 0.117. The average molecular weight is 351 g/mol. The minimum Gasteiger partial charge on any atom is -0.496 e. The lowest BCUT2D eigenvalue weighted by atomic mass is 10.2. The maximum atomic E-state index is 13.7. The van der Waals surface area contributed by atoms with E-state index in [1.54, 1.807) is 31.4 Å². The standard InChI is InChI=1S/C20H18FN3O2/c1-26-19-9-5-2-6-14(19)13-23-15-10-11-22-18(12-15)20(25)24-17-8-4-3-7-16(17)21/h2-12H,13H2,1H3,(H,22,23)(H,24,25). The third-order valence-electron chi connectivity index (χ3n) is 3.79. The van der Waals surface area contributed by atoms with Crippen molar-refractivity contribution >= 4 is 17.3 Å². The molecule has 0 unspecified atom stereocenters. The molecule has 5 nitrogen and oxygen atoms in total. The number of para-hydroxylation sites is 2. The van der Waals surface area contributed by atoms with Crippen LogP contribution in [0.2, 0.25) is 0 Å². The number of aromatic nitrogens is 1. The Balaban J connectivity index is 1.70. The number of hydrogen-bond donors (Lipinski definition) is 2. The van der Waals surface area contributed by atoms with Crippen LogP contribution >= 0.6 is 0 Å². The predicted octanol–water partition coefficient (Wildman–Crippen LogP) is 4.09. The molecule has 1 amide bonds. The lowest BCUT2D eigenvalue weighted by molar-refractivity contribution is 0.102. The van der Waals surface area contributed by atoms with Gasteiger partial charge in [-0.2, -0.15) is 0 Å². The van der Waals surface area contributed by atoms with Crippen LogP contribution in [0.1, 0.15) is 16.1 Å². The molecule has 1 aromatic heterocycles. The lowest BCUT2D eigenvalue weighted by Crippen LogP contribution is -2.15. The van der Waals surface area contributed by atoms with Gasteiger partial charge in [0.25, 0.3) is 5.91 Å². The van der Waals surface area contributed by atoms with E-state index in [2.05, 4.69) is 15.6 Å². The molecule has 0 fully saturated rings. The van der Waals surface area contributed by atoms with E-state index in [0.29, 0.717) is 6.54 Å². The second-order valence-electron chi connectivity index (χ2n) is 5.53. The van der Waals surface area contributed by atoms with E-state index in [1.807, 2.05) is 24.3 Å². The highest BCUT2D eigenvalue weighted by atomic mass is 19.1. The summed E-state index contributed by atoms with van der Waals surface area (Å²) in [5.74, 6) is -0.186. The highest BCUT2D eigenvalue weighted by Gasteiger charge is 2.11. The summed E-state index contributed by atoms with van der Waals surface area (Å²) in [7, 11) is 1.62. The highest BCUT2D eigenvalue weighted by molar-refractivity contribution is 6.03. The van der Waals surface area contributed by atoms with E-state index in [4.69, 9.17) is 4.74 Å². The van der Waals surface area contributed by atoms with Crippen LogP contribution in [0.25, 0.3) is 0 Å². The van der Waals surface area contributed by atoms with Crippen LogP contribution in [0.3, 0.4) is 0 Å². The Morgan fingerprint density at radius 3 is 2.69 bits per heavy atom. The summed E-state index contributed by atoms with van der Waals surface area (Å²) in [6.45, 7) is 0.530. The number of ether oxygens (including phenoxy) is 1. The molecule has 1 heterocycles. The van der Waals surface area contributed by atoms with Crippen molar-refractivity contribution in [1.82, 2.24) is 4.98 Å². The molecule has 0 aliphatic rings. The van der Waals surface area contributed by atoms with E-state index in [1.165, 1.54) is 18.3 Å². The van der Waals surface area contributed by atoms with Crippen molar-refractivity contribution in [2.45, 2.75) is 6.54 Å². The highest BCUT2D eigenvalue weighted by Crippen LogP contribution is 2.19. The number of amides is 1. The number of carbonyl (C=O) groups is 1. The van der Waals surface area contributed by atoms with Crippen LogP contribution in [-0.4, -0.2) is 18.0 Å². The first-order valence-corrected chi connectivity index (χ1v) is 8.05. The summed E-state index contributed by atoms with van der Waals surface area (Å²) in [6, 6.07) is 17.0. The first-order chi connectivity index (χ1) is 12.7. The molecule has 0 radical (unpaired) electrons. The van der Waals surface area contributed by atoms with Gasteiger partial charge in [0.15, 0.2) is 0 Å². The number of rotatable bonds is 6. The SMILES string of the molecule is COc1ccccc1CNc1ccnc(C(=O)Nc2ccccc2F)c1. The Morgan fingerprint density at radius 2 is 1.88 bits per heavy atom. The molecule has 2 aromatic carbocycles. The molecule has 0 bridgehead atoms. The summed E-state index contributed by atoms with van der Waals surface area (Å²) in [4.78, 5) is 16.4. The van der Waals surface area contributed by atoms with Crippen LogP contribution < -0.4 is 15.4 Å². The van der Waals surface area contributed by atoms with Gasteiger partial charge < -0.3 is 15.4 Å². The molecular formula is C20H18FN3O2. The molecular weight excluding hydrogens is 333 g/mol. The molecule has 0 aliphatic carbocycles. The van der Waals surface area contributed by atoms with Crippen LogP contribution in [0.15, 0.2) is 66.9 Å². The topological polar surface area (TPSA) is 63.2 Å². The van der Waals surface area contributed by atoms with E-state index < -0.39 is 11.7 Å². The van der Waals surface area contributed by atoms with Crippen molar-refractivity contribution in [2.75, 3.05) is 17.7 Å². The zero-order chi connectivity index (χ0) is 18.4. The van der Waals surface area contributed by atoms with Crippen molar-refractivity contribution in [3.05, 3.63) is 83.9 Å². The van der Waals surface area contributed by atoms with Crippen molar-refractivity contribution in [3.8, 4) is 5.75 Å². The van der Waals surface area contributed by atoms with E-state index in [0.717, 1.165) is 17.0 Å². The maximum Gasteiger partial charge on any atom is 0.274 e. The number of benzene rings is 2. The van der Waals surface area contributed by atoms with E-state index in [9.17, 15) is 9.18 Å². The third kappa shape index (κ3) is 4.16. The monoisotopic (exact) mass is 351 g/mol. The van der Waals surface area contributed by atoms with Crippen molar-refractivity contribution in [1.29, 1.82) is 0 Å². The van der Waals surface area contributed by atoms with Gasteiger partial charge in [0.2, 0.25) is 0 Å². The van der Waals surface area contributed by atoms with Gasteiger partial charge in [-0.05, 0) is 30.3 Å². The number of halogens is 1. The average Bonchev–Trinajstić information content (AvgIpc) is 2.68. The van der Waals surface area contributed by atoms with Gasteiger partial charge in [-0.15, -0.1) is 0 Å². The first-order valence-electron chi connectivity index (χ1n) is 8.05. The Labute approximate surface area is 150 Å². The fraction of sp³-hybridized carbons (Fsp3) is 0.100. The molecule has 0 saturated heterocycles. The van der Waals surface area contributed by atoms with E-state index in [-0.39, 0.29) is 11.4 Å². The molecule has 3 rings (SSSR count). The van der Waals surface area contributed by atoms with Crippen LogP contribution in [0, 0.1) is 5.82 Å². The van der Waals surface area contributed by atoms with Gasteiger partial charge in [0, 0.05) is 24.0 Å². The summed E-state index contributed by atoms with van der Waals surface area (Å²) in [6.07, 6.45) is 1.53. The van der Waals surface area contributed by atoms with Gasteiger partial charge in [-0.3, -0.25) is 9.78 Å². The molecule has 6 heteroatoms. The molecule has 2 N–H and O–H groups in total. The zero-order valence-electron chi connectivity index (χ0n) is 14.2. The van der Waals surface area contributed by atoms with E-state index >= 15 is 0 Å². The quantitative estimate of drug-likeness (QED) is 0.702. The number of anilines is 2. The molecule has 0 saturated carbocycles. The fourth-order valence-electron chi connectivity index (χ4n) is 2.46. The molecule has 132 valence electrons. The Morgan fingerprint density at radius 1 is 1.12 bits per heavy atom. The van der Waals surface area contributed by atoms with Crippen molar-refractivity contribution in [3.63, 3.8) is 0 Å². The Bertz CT molecular complexity index is 915. The Hall–Kier alpha value is -3.41. The normalized spacial score (nSPS) is 10.2.